The third-order valence-corrected chi connectivity index (χ3v) is 5.98. The van der Waals surface area contributed by atoms with Crippen LogP contribution in [0.1, 0.15) is 24.1 Å². The van der Waals surface area contributed by atoms with E-state index in [-0.39, 0.29) is 33.8 Å². The Balaban J connectivity index is 1.52. The van der Waals surface area contributed by atoms with E-state index in [1.807, 2.05) is 0 Å². The Bertz CT molecular complexity index is 1450. The topological polar surface area (TPSA) is 96.5 Å². The number of carbonyl (C=O) groups is 1. The number of halogens is 6. The van der Waals surface area contributed by atoms with E-state index >= 15 is 4.39 Å². The van der Waals surface area contributed by atoms with Gasteiger partial charge in [0.2, 0.25) is 11.7 Å². The molecule has 36 heavy (non-hydrogen) atoms. The number of pyridine rings is 1. The highest BCUT2D eigenvalue weighted by Crippen LogP contribution is 2.49. The Morgan fingerprint density at radius 2 is 1.78 bits per heavy atom. The Morgan fingerprint density at radius 3 is 2.36 bits per heavy atom. The van der Waals surface area contributed by atoms with Crippen molar-refractivity contribution >= 4 is 11.6 Å². The molecule has 2 N–H and O–H groups in total. The highest BCUT2D eigenvalue weighted by atomic mass is 19.4. The second-order valence-electron chi connectivity index (χ2n) is 8.18. The number of rotatable bonds is 5. The predicted molar refractivity (Wildman–Crippen MR) is 114 cm³/mol. The lowest BCUT2D eigenvalue weighted by atomic mass is 9.94. The summed E-state index contributed by atoms with van der Waals surface area (Å²) < 4.78 is 81.5. The second-order valence-corrected chi connectivity index (χ2v) is 8.18. The van der Waals surface area contributed by atoms with Gasteiger partial charge in [0.25, 0.3) is 0 Å². The number of tetrazole rings is 1. The van der Waals surface area contributed by atoms with E-state index in [9.17, 15) is 26.7 Å². The smallest absolute Gasteiger partial charge is 0.323 e. The van der Waals surface area contributed by atoms with Crippen molar-refractivity contribution in [3.05, 3.63) is 77.4 Å². The molecular formula is C23H14F6N6O. The summed E-state index contributed by atoms with van der Waals surface area (Å²) >= 11 is 0. The number of hydrogen-bond donors (Lipinski definition) is 2. The normalized spacial score (nSPS) is 14.5. The van der Waals surface area contributed by atoms with Crippen LogP contribution in [-0.2, 0) is 16.4 Å². The third-order valence-electron chi connectivity index (χ3n) is 5.98. The number of aromatic nitrogens is 5. The molecule has 1 amide bonds. The Morgan fingerprint density at radius 1 is 1.00 bits per heavy atom. The van der Waals surface area contributed by atoms with Crippen molar-refractivity contribution in [1.82, 2.24) is 25.6 Å². The van der Waals surface area contributed by atoms with E-state index < -0.39 is 40.6 Å². The minimum absolute atomic E-state index is 0.106. The average Bonchev–Trinajstić information content (AvgIpc) is 3.49. The van der Waals surface area contributed by atoms with Crippen LogP contribution in [0.2, 0.25) is 0 Å². The molecule has 1 saturated carbocycles. The Hall–Kier alpha value is -4.29. The van der Waals surface area contributed by atoms with Gasteiger partial charge in [-0.2, -0.15) is 18.4 Å². The van der Waals surface area contributed by atoms with Crippen LogP contribution in [0.4, 0.5) is 32.0 Å². The number of H-pyrrole nitrogens is 1. The lowest BCUT2D eigenvalue weighted by Crippen LogP contribution is -2.28. The minimum atomic E-state index is -4.65. The maximum atomic E-state index is 15.7. The molecule has 1 aliphatic rings. The van der Waals surface area contributed by atoms with Crippen molar-refractivity contribution in [3.8, 4) is 22.5 Å². The number of nitrogens with one attached hydrogen (secondary N) is 2. The fourth-order valence-corrected chi connectivity index (χ4v) is 3.93. The Labute approximate surface area is 198 Å². The number of anilines is 1. The zero-order valence-corrected chi connectivity index (χ0v) is 18.0. The van der Waals surface area contributed by atoms with Gasteiger partial charge in [0.1, 0.15) is 5.69 Å². The average molecular weight is 504 g/mol. The SMILES string of the molecule is O=C(Nc1ccc(-c2ccc(C(F)(F)F)nc2)c(-c2nn[nH]n2)c1F)C1(c2ccc(F)c(F)c2)CC1. The summed E-state index contributed by atoms with van der Waals surface area (Å²) in [5.74, 6) is -3.97. The summed E-state index contributed by atoms with van der Waals surface area (Å²) in [5.41, 5.74) is -2.27. The van der Waals surface area contributed by atoms with E-state index in [2.05, 4.69) is 30.9 Å². The van der Waals surface area contributed by atoms with Gasteiger partial charge in [0, 0.05) is 11.8 Å². The van der Waals surface area contributed by atoms with Gasteiger partial charge >= 0.3 is 6.18 Å². The van der Waals surface area contributed by atoms with Gasteiger partial charge in [0.05, 0.1) is 16.7 Å². The second kappa shape index (κ2) is 8.43. The molecule has 184 valence electrons. The van der Waals surface area contributed by atoms with Crippen LogP contribution in [0, 0.1) is 17.5 Å². The summed E-state index contributed by atoms with van der Waals surface area (Å²) in [7, 11) is 0. The van der Waals surface area contributed by atoms with Crippen molar-refractivity contribution in [2.24, 2.45) is 0 Å². The van der Waals surface area contributed by atoms with Gasteiger partial charge in [-0.25, -0.2) is 13.2 Å². The number of aromatic amines is 1. The molecule has 0 atom stereocenters. The summed E-state index contributed by atoms with van der Waals surface area (Å²) in [4.78, 5) is 16.5. The number of hydrogen-bond acceptors (Lipinski definition) is 5. The van der Waals surface area contributed by atoms with Crippen molar-refractivity contribution in [3.63, 3.8) is 0 Å². The fraction of sp³-hybridized carbons (Fsp3) is 0.174. The molecule has 5 rings (SSSR count). The summed E-state index contributed by atoms with van der Waals surface area (Å²) in [6, 6.07) is 7.61. The van der Waals surface area contributed by atoms with Crippen LogP contribution in [0.3, 0.4) is 0 Å². The van der Waals surface area contributed by atoms with Gasteiger partial charge in [-0.3, -0.25) is 9.78 Å². The van der Waals surface area contributed by atoms with Gasteiger partial charge in [-0.1, -0.05) is 18.2 Å². The molecule has 0 saturated heterocycles. The van der Waals surface area contributed by atoms with Crippen LogP contribution in [0.25, 0.3) is 22.5 Å². The van der Waals surface area contributed by atoms with Crippen LogP contribution in [0.5, 0.6) is 0 Å². The van der Waals surface area contributed by atoms with E-state index in [0.29, 0.717) is 12.8 Å². The molecule has 0 bridgehead atoms. The van der Waals surface area contributed by atoms with E-state index in [4.69, 9.17) is 0 Å². The first kappa shape index (κ1) is 23.5. The maximum absolute atomic E-state index is 15.7. The molecule has 2 aromatic heterocycles. The first-order chi connectivity index (χ1) is 17.1. The zero-order valence-electron chi connectivity index (χ0n) is 18.0. The molecule has 0 aliphatic heterocycles. The van der Waals surface area contributed by atoms with Crippen LogP contribution < -0.4 is 5.32 Å². The van der Waals surface area contributed by atoms with E-state index in [1.54, 1.807) is 0 Å². The Kier molecular flexibility index (Phi) is 5.49. The molecule has 13 heteroatoms. The lowest BCUT2D eigenvalue weighted by molar-refractivity contribution is -0.141. The fourth-order valence-electron chi connectivity index (χ4n) is 3.93. The molecule has 1 fully saturated rings. The van der Waals surface area contributed by atoms with Crippen LogP contribution in [0.15, 0.2) is 48.7 Å². The summed E-state index contributed by atoms with van der Waals surface area (Å²) in [6.45, 7) is 0. The number of carbonyl (C=O) groups excluding carboxylic acids is 1. The van der Waals surface area contributed by atoms with Crippen molar-refractivity contribution in [2.75, 3.05) is 5.32 Å². The number of benzene rings is 2. The van der Waals surface area contributed by atoms with Crippen LogP contribution in [-0.4, -0.2) is 31.5 Å². The van der Waals surface area contributed by atoms with Crippen molar-refractivity contribution in [2.45, 2.75) is 24.4 Å². The number of nitrogens with zero attached hydrogens (tertiary/aromatic N) is 4. The number of amides is 1. The predicted octanol–water partition coefficient (Wildman–Crippen LogP) is 5.04. The maximum Gasteiger partial charge on any atom is 0.433 e. The molecule has 0 radical (unpaired) electrons. The van der Waals surface area contributed by atoms with Crippen molar-refractivity contribution < 1.29 is 31.1 Å². The zero-order chi connectivity index (χ0) is 25.7. The molecule has 0 spiro atoms. The van der Waals surface area contributed by atoms with E-state index in [0.717, 1.165) is 30.5 Å². The molecule has 0 unspecified atom stereocenters. The molecule has 4 aromatic rings. The first-order valence-electron chi connectivity index (χ1n) is 10.5. The van der Waals surface area contributed by atoms with Crippen molar-refractivity contribution in [1.29, 1.82) is 0 Å². The van der Waals surface area contributed by atoms with E-state index in [1.165, 1.54) is 18.2 Å². The molecule has 2 aromatic carbocycles. The third kappa shape index (κ3) is 4.06. The molecular weight excluding hydrogens is 490 g/mol. The highest BCUT2D eigenvalue weighted by Gasteiger charge is 2.51. The first-order valence-corrected chi connectivity index (χ1v) is 10.5. The number of alkyl halides is 3. The molecule has 1 aliphatic carbocycles. The largest absolute Gasteiger partial charge is 0.433 e. The monoisotopic (exact) mass is 504 g/mol. The molecule has 7 nitrogen and oxygen atoms in total. The van der Waals surface area contributed by atoms with Gasteiger partial charge in [0.15, 0.2) is 17.5 Å². The summed E-state index contributed by atoms with van der Waals surface area (Å²) in [6.07, 6.45) is -3.03. The molecule has 2 heterocycles. The van der Waals surface area contributed by atoms with Gasteiger partial charge < -0.3 is 5.32 Å². The highest BCUT2D eigenvalue weighted by molar-refractivity contribution is 6.02. The van der Waals surface area contributed by atoms with Gasteiger partial charge in [-0.15, -0.1) is 10.2 Å². The standard InChI is InChI=1S/C23H14F6N6O/c24-14-4-2-12(9-15(14)25)22(7-8-22)21(36)31-16-5-3-13(18(19(16)26)20-32-34-35-33-20)11-1-6-17(30-10-11)23(27,28)29/h1-6,9-10H,7-8H2,(H,31,36)(H,32,33,34,35). The quantitative estimate of drug-likeness (QED) is 0.372. The lowest BCUT2D eigenvalue weighted by Gasteiger charge is -2.18. The summed E-state index contributed by atoms with van der Waals surface area (Å²) in [5, 5.41) is 15.6. The minimum Gasteiger partial charge on any atom is -0.323 e. The van der Waals surface area contributed by atoms with Crippen LogP contribution >= 0.6 is 0 Å². The van der Waals surface area contributed by atoms with Gasteiger partial charge in [-0.05, 0) is 53.4 Å².